The zero-order valence-corrected chi connectivity index (χ0v) is 22.0. The normalized spacial score (nSPS) is 34.4. The molecule has 0 N–H and O–H groups in total. The van der Waals surface area contributed by atoms with Crippen molar-refractivity contribution in [1.29, 1.82) is 0 Å². The predicted molar refractivity (Wildman–Crippen MR) is 134 cm³/mol. The summed E-state index contributed by atoms with van der Waals surface area (Å²) in [5.41, 5.74) is 0.166. The van der Waals surface area contributed by atoms with Crippen LogP contribution >= 0.6 is 0 Å². The van der Waals surface area contributed by atoms with E-state index in [4.69, 9.17) is 18.6 Å². The highest BCUT2D eigenvalue weighted by molar-refractivity contribution is 5.93. The summed E-state index contributed by atoms with van der Waals surface area (Å²) in [6.07, 6.45) is 3.49. The summed E-state index contributed by atoms with van der Waals surface area (Å²) in [6.45, 7) is 3.89. The Balaban J connectivity index is 1.45. The average Bonchev–Trinajstić information content (AvgIpc) is 3.44. The lowest BCUT2D eigenvalue weighted by Gasteiger charge is -2.61. The zero-order valence-electron chi connectivity index (χ0n) is 22.0. The number of cyclic esters (lactones) is 1. The van der Waals surface area contributed by atoms with Gasteiger partial charge in [-0.25, -0.2) is 0 Å². The van der Waals surface area contributed by atoms with E-state index in [2.05, 4.69) is 0 Å². The van der Waals surface area contributed by atoms with E-state index in [1.165, 1.54) is 13.4 Å². The van der Waals surface area contributed by atoms with Crippen LogP contribution in [-0.2, 0) is 39.8 Å². The van der Waals surface area contributed by atoms with Crippen molar-refractivity contribution in [3.63, 3.8) is 0 Å². The quantitative estimate of drug-likeness (QED) is 0.400. The molecule has 2 aromatic rings. The highest BCUT2D eigenvalue weighted by Gasteiger charge is 2.67. The van der Waals surface area contributed by atoms with Crippen molar-refractivity contribution in [2.75, 3.05) is 7.11 Å². The summed E-state index contributed by atoms with van der Waals surface area (Å²) in [4.78, 5) is 53.4. The Morgan fingerprint density at radius 3 is 2.53 bits per heavy atom. The molecule has 1 aromatic heterocycles. The number of hydrogen-bond donors (Lipinski definition) is 0. The van der Waals surface area contributed by atoms with Crippen molar-refractivity contribution in [2.45, 2.75) is 64.6 Å². The number of aryl methyl sites for hydroxylation is 1. The lowest BCUT2D eigenvalue weighted by Crippen LogP contribution is -2.64. The summed E-state index contributed by atoms with van der Waals surface area (Å²) in [6, 6.07) is 11.3. The number of carbonyl (C=O) groups is 4. The summed E-state index contributed by atoms with van der Waals surface area (Å²) in [5.74, 6) is -3.34. The first kappa shape index (κ1) is 26.2. The first-order valence-corrected chi connectivity index (χ1v) is 13.2. The van der Waals surface area contributed by atoms with Gasteiger partial charge >= 0.3 is 17.9 Å². The van der Waals surface area contributed by atoms with Gasteiger partial charge in [0.2, 0.25) is 0 Å². The number of fused-ring (bicyclic) bond motifs is 3. The van der Waals surface area contributed by atoms with Crippen LogP contribution in [0.1, 0.15) is 63.2 Å². The maximum atomic E-state index is 14.2. The predicted octanol–water partition coefficient (Wildman–Crippen LogP) is 4.61. The van der Waals surface area contributed by atoms with Crippen molar-refractivity contribution >= 4 is 23.7 Å². The van der Waals surface area contributed by atoms with E-state index >= 15 is 0 Å². The molecular weight excluding hydrogens is 488 g/mol. The molecule has 1 aliphatic heterocycles. The Hall–Kier alpha value is -3.42. The molecule has 0 spiro atoms. The molecule has 202 valence electrons. The number of benzene rings is 1. The average molecular weight is 523 g/mol. The third-order valence-corrected chi connectivity index (χ3v) is 9.24. The smallest absolute Gasteiger partial charge is 0.310 e. The van der Waals surface area contributed by atoms with E-state index in [1.807, 2.05) is 44.2 Å². The summed E-state index contributed by atoms with van der Waals surface area (Å²) in [7, 11) is 1.33. The molecule has 1 aromatic carbocycles. The molecule has 2 saturated carbocycles. The van der Waals surface area contributed by atoms with Gasteiger partial charge in [0.25, 0.3) is 0 Å². The fourth-order valence-corrected chi connectivity index (χ4v) is 7.37. The molecule has 38 heavy (non-hydrogen) atoms. The second-order valence-corrected chi connectivity index (χ2v) is 11.4. The Kier molecular flexibility index (Phi) is 6.92. The Morgan fingerprint density at radius 2 is 1.84 bits per heavy atom. The molecule has 0 amide bonds. The van der Waals surface area contributed by atoms with Crippen LogP contribution in [-0.4, -0.2) is 36.9 Å². The zero-order chi connectivity index (χ0) is 27.1. The van der Waals surface area contributed by atoms with Crippen molar-refractivity contribution in [1.82, 2.24) is 0 Å². The number of rotatable bonds is 6. The maximum absolute atomic E-state index is 14.2. The number of ketones is 1. The number of carbonyl (C=O) groups excluding carboxylic acids is 4. The molecule has 8 heteroatoms. The number of ether oxygens (including phenoxy) is 3. The summed E-state index contributed by atoms with van der Waals surface area (Å²) >= 11 is 0. The van der Waals surface area contributed by atoms with E-state index in [0.717, 1.165) is 11.1 Å². The van der Waals surface area contributed by atoms with Gasteiger partial charge in [-0.15, -0.1) is 0 Å². The number of hydrogen-bond acceptors (Lipinski definition) is 8. The van der Waals surface area contributed by atoms with Crippen LogP contribution in [0.3, 0.4) is 0 Å². The lowest BCUT2D eigenvalue weighted by atomic mass is 9.43. The van der Waals surface area contributed by atoms with Crippen LogP contribution in [0, 0.1) is 28.6 Å². The van der Waals surface area contributed by atoms with Gasteiger partial charge in [0.1, 0.15) is 6.10 Å². The molecule has 7 atom stereocenters. The molecular formula is C30H34O8. The van der Waals surface area contributed by atoms with Crippen LogP contribution in [0.15, 0.2) is 53.3 Å². The Labute approximate surface area is 222 Å². The minimum Gasteiger partial charge on any atom is -0.472 e. The van der Waals surface area contributed by atoms with Crippen molar-refractivity contribution < 1.29 is 37.8 Å². The van der Waals surface area contributed by atoms with Crippen LogP contribution in [0.4, 0.5) is 0 Å². The third kappa shape index (κ3) is 4.44. The van der Waals surface area contributed by atoms with Crippen molar-refractivity contribution in [2.24, 2.45) is 28.6 Å². The van der Waals surface area contributed by atoms with E-state index in [9.17, 15) is 19.2 Å². The minimum absolute atomic E-state index is 0.0753. The first-order chi connectivity index (χ1) is 18.2. The number of furan rings is 1. The fraction of sp³-hybridized carbons (Fsp3) is 0.533. The van der Waals surface area contributed by atoms with Crippen molar-refractivity contribution in [3.05, 3.63) is 60.1 Å². The minimum atomic E-state index is -1.08. The largest absolute Gasteiger partial charge is 0.472 e. The van der Waals surface area contributed by atoms with Gasteiger partial charge in [0.15, 0.2) is 11.9 Å². The second-order valence-electron chi connectivity index (χ2n) is 11.4. The van der Waals surface area contributed by atoms with Gasteiger partial charge in [-0.3, -0.25) is 19.2 Å². The van der Waals surface area contributed by atoms with Gasteiger partial charge in [0, 0.05) is 24.3 Å². The monoisotopic (exact) mass is 522 g/mol. The van der Waals surface area contributed by atoms with Gasteiger partial charge in [0.05, 0.1) is 31.5 Å². The highest BCUT2D eigenvalue weighted by atomic mass is 16.6. The lowest BCUT2D eigenvalue weighted by molar-refractivity contribution is -0.210. The van der Waals surface area contributed by atoms with Gasteiger partial charge in [-0.1, -0.05) is 44.2 Å². The summed E-state index contributed by atoms with van der Waals surface area (Å²) < 4.78 is 21.9. The third-order valence-electron chi connectivity index (χ3n) is 9.24. The number of Topliss-reactive ketones (excluding diaryl/α,β-unsaturated/α-hetero) is 1. The molecule has 2 heterocycles. The topological polar surface area (TPSA) is 109 Å². The first-order valence-electron chi connectivity index (χ1n) is 13.2. The molecule has 0 radical (unpaired) electrons. The fourth-order valence-electron chi connectivity index (χ4n) is 7.37. The second kappa shape index (κ2) is 10.0. The molecule has 2 aliphatic carbocycles. The molecule has 5 rings (SSSR count). The van der Waals surface area contributed by atoms with Crippen LogP contribution < -0.4 is 0 Å². The molecule has 1 saturated heterocycles. The Bertz CT molecular complexity index is 1200. The number of methoxy groups -OCH3 is 1. The Morgan fingerprint density at radius 1 is 1.08 bits per heavy atom. The summed E-state index contributed by atoms with van der Waals surface area (Å²) in [5, 5.41) is 0. The standard InChI is InChI=1S/C30H34O8/c1-29-13-11-20-28(34)38-23(19-12-14-36-17-19)16-30(20,2)26(29)25(32)22(15-21(29)27(33)35-3)37-24(31)10-9-18-7-5-4-6-8-18/h4-8,12,14,17,20-23,26H,9-11,13,15-16H2,1-3H3/t20-,21-,22-,23-,26-,29-,30-/m0/s1. The van der Waals surface area contributed by atoms with Crippen molar-refractivity contribution in [3.8, 4) is 0 Å². The van der Waals surface area contributed by atoms with E-state index in [0.29, 0.717) is 25.7 Å². The molecule has 0 bridgehead atoms. The maximum Gasteiger partial charge on any atom is 0.310 e. The van der Waals surface area contributed by atoms with Gasteiger partial charge < -0.3 is 18.6 Å². The van der Waals surface area contributed by atoms with Gasteiger partial charge in [-0.2, -0.15) is 0 Å². The highest BCUT2D eigenvalue weighted by Crippen LogP contribution is 2.65. The molecule has 0 unspecified atom stereocenters. The number of esters is 3. The van der Waals surface area contributed by atoms with Crippen LogP contribution in [0.5, 0.6) is 0 Å². The SMILES string of the molecule is COC(=O)[C@@H]1C[C@H](OC(=O)CCc2ccccc2)C(=O)[C@H]2[C@@]1(C)CC[C@H]1C(=O)O[C@H](c3ccoc3)C[C@]21C. The van der Waals surface area contributed by atoms with E-state index in [1.54, 1.807) is 12.3 Å². The molecule has 3 fully saturated rings. The van der Waals surface area contributed by atoms with Gasteiger partial charge in [-0.05, 0) is 48.1 Å². The van der Waals surface area contributed by atoms with E-state index in [-0.39, 0.29) is 24.6 Å². The molecule has 3 aliphatic rings. The van der Waals surface area contributed by atoms with Crippen LogP contribution in [0.2, 0.25) is 0 Å². The van der Waals surface area contributed by atoms with Crippen LogP contribution in [0.25, 0.3) is 0 Å². The molecule has 8 nitrogen and oxygen atoms in total. The van der Waals surface area contributed by atoms with E-state index < -0.39 is 52.7 Å².